The van der Waals surface area contributed by atoms with E-state index in [4.69, 9.17) is 4.74 Å². The van der Waals surface area contributed by atoms with Crippen LogP contribution in [0.3, 0.4) is 0 Å². The molecular weight excluding hydrogens is 364 g/mol. The lowest BCUT2D eigenvalue weighted by molar-refractivity contribution is -0.384. The second-order valence-corrected chi connectivity index (χ2v) is 6.90. The zero-order chi connectivity index (χ0) is 19.5. The van der Waals surface area contributed by atoms with Crippen LogP contribution in [-0.2, 0) is 14.8 Å². The molecule has 0 aliphatic heterocycles. The van der Waals surface area contributed by atoms with Crippen molar-refractivity contribution in [3.05, 3.63) is 57.6 Å². The molecular formula is C16H16N2O7S. The Hall–Kier alpha value is -3.14. The molecule has 2 aromatic carbocycles. The van der Waals surface area contributed by atoms with E-state index in [-0.39, 0.29) is 27.6 Å². The number of benzene rings is 2. The summed E-state index contributed by atoms with van der Waals surface area (Å²) in [5, 5.41) is 10.9. The van der Waals surface area contributed by atoms with E-state index < -0.39 is 20.9 Å². The number of hydrogen-bond acceptors (Lipinski definition) is 7. The predicted molar refractivity (Wildman–Crippen MR) is 93.0 cm³/mol. The smallest absolute Gasteiger partial charge is 0.338 e. The molecule has 9 nitrogen and oxygen atoms in total. The van der Waals surface area contributed by atoms with Gasteiger partial charge in [0.25, 0.3) is 15.7 Å². The lowest BCUT2D eigenvalue weighted by Crippen LogP contribution is -2.15. The lowest BCUT2D eigenvalue weighted by Gasteiger charge is -2.13. The van der Waals surface area contributed by atoms with Gasteiger partial charge in [0.1, 0.15) is 5.75 Å². The van der Waals surface area contributed by atoms with Crippen LogP contribution in [0.25, 0.3) is 0 Å². The number of hydrogen-bond donors (Lipinski definition) is 1. The summed E-state index contributed by atoms with van der Waals surface area (Å²) in [4.78, 5) is 21.8. The van der Waals surface area contributed by atoms with Crippen LogP contribution in [0.5, 0.6) is 5.75 Å². The van der Waals surface area contributed by atoms with Crippen LogP contribution in [0.4, 0.5) is 11.4 Å². The summed E-state index contributed by atoms with van der Waals surface area (Å²) < 4.78 is 37.2. The Labute approximate surface area is 149 Å². The Bertz CT molecular complexity index is 971. The zero-order valence-corrected chi connectivity index (χ0v) is 15.0. The molecule has 0 bridgehead atoms. The van der Waals surface area contributed by atoms with Gasteiger partial charge >= 0.3 is 5.97 Å². The Balaban J connectivity index is 2.48. The van der Waals surface area contributed by atoms with E-state index in [1.807, 2.05) is 0 Å². The highest BCUT2D eigenvalue weighted by Gasteiger charge is 2.21. The van der Waals surface area contributed by atoms with E-state index in [0.29, 0.717) is 5.56 Å². The van der Waals surface area contributed by atoms with Crippen molar-refractivity contribution in [1.29, 1.82) is 0 Å². The molecule has 0 aromatic heterocycles. The minimum atomic E-state index is -4.13. The van der Waals surface area contributed by atoms with Gasteiger partial charge in [-0.1, -0.05) is 6.07 Å². The lowest BCUT2D eigenvalue weighted by atomic mass is 10.1. The molecule has 0 aliphatic carbocycles. The summed E-state index contributed by atoms with van der Waals surface area (Å²) in [6.07, 6.45) is 0. The number of anilines is 1. The van der Waals surface area contributed by atoms with Crippen LogP contribution in [0, 0.1) is 17.0 Å². The molecule has 0 spiro atoms. The van der Waals surface area contributed by atoms with Crippen molar-refractivity contribution < 1.29 is 27.6 Å². The third-order valence-corrected chi connectivity index (χ3v) is 4.93. The van der Waals surface area contributed by atoms with Gasteiger partial charge in [-0.05, 0) is 30.7 Å². The predicted octanol–water partition coefficient (Wildman–Crippen LogP) is 2.50. The minimum absolute atomic E-state index is 0.0955. The number of nitro groups is 1. The van der Waals surface area contributed by atoms with Gasteiger partial charge < -0.3 is 9.47 Å². The molecule has 10 heteroatoms. The fraction of sp³-hybridized carbons (Fsp3) is 0.188. The van der Waals surface area contributed by atoms with Crippen LogP contribution in [0.1, 0.15) is 15.9 Å². The third kappa shape index (κ3) is 3.91. The largest absolute Gasteiger partial charge is 0.495 e. The van der Waals surface area contributed by atoms with Gasteiger partial charge in [-0.3, -0.25) is 14.8 Å². The van der Waals surface area contributed by atoms with Crippen molar-refractivity contribution in [2.24, 2.45) is 0 Å². The maximum atomic E-state index is 12.6. The van der Waals surface area contributed by atoms with E-state index >= 15 is 0 Å². The second-order valence-electron chi connectivity index (χ2n) is 5.22. The third-order valence-electron chi connectivity index (χ3n) is 3.56. The van der Waals surface area contributed by atoms with Crippen molar-refractivity contribution >= 4 is 27.4 Å². The Morgan fingerprint density at radius 3 is 2.42 bits per heavy atom. The molecule has 0 saturated carbocycles. The van der Waals surface area contributed by atoms with Crippen molar-refractivity contribution in [2.45, 2.75) is 11.8 Å². The molecule has 0 radical (unpaired) electrons. The molecule has 0 saturated heterocycles. The van der Waals surface area contributed by atoms with Gasteiger partial charge in [-0.2, -0.15) is 0 Å². The molecule has 2 rings (SSSR count). The fourth-order valence-electron chi connectivity index (χ4n) is 2.19. The molecule has 138 valence electrons. The number of methoxy groups -OCH3 is 2. The first-order valence-corrected chi connectivity index (χ1v) is 8.72. The monoisotopic (exact) mass is 380 g/mol. The average Bonchev–Trinajstić information content (AvgIpc) is 2.60. The summed E-state index contributed by atoms with van der Waals surface area (Å²) in [6.45, 7) is 1.64. The van der Waals surface area contributed by atoms with Gasteiger partial charge in [0.05, 0.1) is 35.3 Å². The van der Waals surface area contributed by atoms with Crippen LogP contribution in [-0.4, -0.2) is 33.5 Å². The molecule has 0 aliphatic rings. The van der Waals surface area contributed by atoms with E-state index in [2.05, 4.69) is 9.46 Å². The first-order valence-electron chi connectivity index (χ1n) is 7.24. The van der Waals surface area contributed by atoms with E-state index in [0.717, 1.165) is 6.07 Å². The molecule has 1 N–H and O–H groups in total. The molecule has 2 aromatic rings. The molecule has 0 heterocycles. The minimum Gasteiger partial charge on any atom is -0.495 e. The fourth-order valence-corrected chi connectivity index (χ4v) is 3.28. The van der Waals surface area contributed by atoms with E-state index in [1.54, 1.807) is 6.92 Å². The van der Waals surface area contributed by atoms with E-state index in [1.165, 1.54) is 44.6 Å². The number of rotatable bonds is 6. The standard InChI is InChI=1S/C16H16N2O7S/c1-10-4-6-12(9-13(10)16(19)25-3)26(22,23)17-14-8-11(18(20)21)5-7-15(14)24-2/h4-9,17H,1-3H3. The second kappa shape index (κ2) is 7.40. The summed E-state index contributed by atoms with van der Waals surface area (Å²) in [5.74, 6) is -0.563. The number of sulfonamides is 1. The van der Waals surface area contributed by atoms with Gasteiger partial charge in [-0.25, -0.2) is 13.2 Å². The number of nitrogens with zero attached hydrogens (tertiary/aromatic N) is 1. The Kier molecular flexibility index (Phi) is 5.46. The van der Waals surface area contributed by atoms with Gasteiger partial charge in [0.15, 0.2) is 0 Å². The summed E-state index contributed by atoms with van der Waals surface area (Å²) in [5.41, 5.74) is 0.245. The normalized spacial score (nSPS) is 10.9. The maximum absolute atomic E-state index is 12.6. The SMILES string of the molecule is COC(=O)c1cc(S(=O)(=O)Nc2cc([N+](=O)[O-])ccc2OC)ccc1C. The number of aryl methyl sites for hydroxylation is 1. The van der Waals surface area contributed by atoms with Crippen molar-refractivity contribution in [1.82, 2.24) is 0 Å². The van der Waals surface area contributed by atoms with Crippen LogP contribution in [0.15, 0.2) is 41.3 Å². The van der Waals surface area contributed by atoms with Gasteiger partial charge in [-0.15, -0.1) is 0 Å². The first-order chi connectivity index (χ1) is 12.2. The number of esters is 1. The number of carbonyl (C=O) groups is 1. The van der Waals surface area contributed by atoms with Crippen molar-refractivity contribution in [3.63, 3.8) is 0 Å². The highest BCUT2D eigenvalue weighted by atomic mass is 32.2. The average molecular weight is 380 g/mol. The molecule has 0 fully saturated rings. The Morgan fingerprint density at radius 1 is 1.15 bits per heavy atom. The molecule has 26 heavy (non-hydrogen) atoms. The highest BCUT2D eigenvalue weighted by Crippen LogP contribution is 2.31. The summed E-state index contributed by atoms with van der Waals surface area (Å²) in [7, 11) is -1.63. The Morgan fingerprint density at radius 2 is 1.85 bits per heavy atom. The molecule has 0 atom stereocenters. The summed E-state index contributed by atoms with van der Waals surface area (Å²) in [6, 6.07) is 7.47. The first kappa shape index (κ1) is 19.2. The zero-order valence-electron chi connectivity index (χ0n) is 14.2. The summed E-state index contributed by atoms with van der Waals surface area (Å²) >= 11 is 0. The quantitative estimate of drug-likeness (QED) is 0.464. The molecule has 0 unspecified atom stereocenters. The van der Waals surface area contributed by atoms with Gasteiger partial charge in [0.2, 0.25) is 0 Å². The van der Waals surface area contributed by atoms with Crippen LogP contribution in [0.2, 0.25) is 0 Å². The number of nitrogens with one attached hydrogen (secondary N) is 1. The van der Waals surface area contributed by atoms with Crippen molar-refractivity contribution in [3.8, 4) is 5.75 Å². The topological polar surface area (TPSA) is 125 Å². The van der Waals surface area contributed by atoms with Crippen molar-refractivity contribution in [2.75, 3.05) is 18.9 Å². The number of carbonyl (C=O) groups excluding carboxylic acids is 1. The van der Waals surface area contributed by atoms with Crippen LogP contribution < -0.4 is 9.46 Å². The van der Waals surface area contributed by atoms with Crippen LogP contribution >= 0.6 is 0 Å². The number of non-ortho nitro benzene ring substituents is 1. The van der Waals surface area contributed by atoms with E-state index in [9.17, 15) is 23.3 Å². The van der Waals surface area contributed by atoms with Gasteiger partial charge in [0, 0.05) is 12.1 Å². The molecule has 0 amide bonds. The maximum Gasteiger partial charge on any atom is 0.338 e. The number of ether oxygens (including phenoxy) is 2. The highest BCUT2D eigenvalue weighted by molar-refractivity contribution is 7.92. The number of nitro benzene ring substituents is 1.